The summed E-state index contributed by atoms with van der Waals surface area (Å²) in [5, 5.41) is 3.11. The van der Waals surface area contributed by atoms with Gasteiger partial charge in [0.25, 0.3) is 0 Å². The lowest BCUT2D eigenvalue weighted by Crippen LogP contribution is -2.10. The lowest BCUT2D eigenvalue weighted by molar-refractivity contribution is 0.391. The van der Waals surface area contributed by atoms with Gasteiger partial charge in [-0.1, -0.05) is 6.07 Å². The monoisotopic (exact) mass is 231 g/mol. The van der Waals surface area contributed by atoms with Crippen molar-refractivity contribution in [2.24, 2.45) is 0 Å². The summed E-state index contributed by atoms with van der Waals surface area (Å²) in [7, 11) is 5.27. The summed E-state index contributed by atoms with van der Waals surface area (Å²) in [6, 6.07) is 5.90. The highest BCUT2D eigenvalue weighted by Crippen LogP contribution is 2.24. The molecule has 0 aliphatic rings. The Balaban J connectivity index is 0.00000196. The third-order valence-corrected chi connectivity index (χ3v) is 2.14. The molecule has 0 atom stereocenters. The Morgan fingerprint density at radius 1 is 1.20 bits per heavy atom. The molecule has 0 spiro atoms. The van der Waals surface area contributed by atoms with Crippen LogP contribution in [0.4, 0.5) is 0 Å². The van der Waals surface area contributed by atoms with Crippen LogP contribution in [0.5, 0.6) is 11.5 Å². The first-order valence-corrected chi connectivity index (χ1v) is 4.67. The van der Waals surface area contributed by atoms with Crippen molar-refractivity contribution in [2.45, 2.75) is 6.42 Å². The quantitative estimate of drug-likeness (QED) is 0.840. The van der Waals surface area contributed by atoms with Gasteiger partial charge < -0.3 is 14.8 Å². The van der Waals surface area contributed by atoms with Crippen molar-refractivity contribution in [3.63, 3.8) is 0 Å². The van der Waals surface area contributed by atoms with E-state index in [1.807, 2.05) is 25.2 Å². The fourth-order valence-electron chi connectivity index (χ4n) is 1.32. The van der Waals surface area contributed by atoms with Gasteiger partial charge in [-0.25, -0.2) is 0 Å². The van der Waals surface area contributed by atoms with Crippen LogP contribution < -0.4 is 14.8 Å². The molecule has 86 valence electrons. The maximum atomic E-state index is 5.28. The van der Waals surface area contributed by atoms with Gasteiger partial charge >= 0.3 is 0 Å². The van der Waals surface area contributed by atoms with Crippen LogP contribution >= 0.6 is 12.4 Å². The molecule has 3 nitrogen and oxygen atoms in total. The molecule has 1 rings (SSSR count). The van der Waals surface area contributed by atoms with Crippen molar-refractivity contribution >= 4 is 12.4 Å². The topological polar surface area (TPSA) is 30.5 Å². The number of likely N-dealkylation sites (N-methyl/N-ethyl adjacent to an activating group) is 1. The Morgan fingerprint density at radius 3 is 2.47 bits per heavy atom. The molecule has 0 amide bonds. The van der Waals surface area contributed by atoms with E-state index in [1.54, 1.807) is 14.2 Å². The van der Waals surface area contributed by atoms with Gasteiger partial charge in [0.1, 0.15) is 11.5 Å². The number of methoxy groups -OCH3 is 2. The second-order valence-corrected chi connectivity index (χ2v) is 3.03. The van der Waals surface area contributed by atoms with Gasteiger partial charge in [-0.3, -0.25) is 0 Å². The summed E-state index contributed by atoms with van der Waals surface area (Å²) >= 11 is 0. The Morgan fingerprint density at radius 2 is 1.93 bits per heavy atom. The number of halogens is 1. The van der Waals surface area contributed by atoms with E-state index in [0.717, 1.165) is 24.5 Å². The molecule has 0 unspecified atom stereocenters. The van der Waals surface area contributed by atoms with Gasteiger partial charge in [-0.05, 0) is 31.6 Å². The van der Waals surface area contributed by atoms with Crippen molar-refractivity contribution in [3.8, 4) is 11.5 Å². The number of nitrogens with one attached hydrogen (secondary N) is 1. The maximum absolute atomic E-state index is 5.28. The van der Waals surface area contributed by atoms with Gasteiger partial charge in [0.05, 0.1) is 14.2 Å². The molecule has 0 bridgehead atoms. The standard InChI is InChI=1S/C11H17NO2.ClH/c1-12-7-6-9-4-5-10(13-2)8-11(9)14-3;/h4-5,8,12H,6-7H2,1-3H3;1H. The molecular formula is C11H18ClNO2. The van der Waals surface area contributed by atoms with Crippen LogP contribution in [0.1, 0.15) is 5.56 Å². The minimum Gasteiger partial charge on any atom is -0.497 e. The van der Waals surface area contributed by atoms with E-state index in [1.165, 1.54) is 5.56 Å². The van der Waals surface area contributed by atoms with Gasteiger partial charge in [0.15, 0.2) is 0 Å². The smallest absolute Gasteiger partial charge is 0.125 e. The van der Waals surface area contributed by atoms with Crippen LogP contribution in [-0.2, 0) is 6.42 Å². The van der Waals surface area contributed by atoms with E-state index in [2.05, 4.69) is 5.32 Å². The summed E-state index contributed by atoms with van der Waals surface area (Å²) < 4.78 is 10.4. The number of benzene rings is 1. The van der Waals surface area contributed by atoms with Crippen molar-refractivity contribution in [2.75, 3.05) is 27.8 Å². The highest BCUT2D eigenvalue weighted by Gasteiger charge is 2.03. The van der Waals surface area contributed by atoms with Crippen LogP contribution in [-0.4, -0.2) is 27.8 Å². The second kappa shape index (κ2) is 7.37. The van der Waals surface area contributed by atoms with Crippen molar-refractivity contribution in [1.82, 2.24) is 5.32 Å². The first kappa shape index (κ1) is 14.1. The minimum atomic E-state index is 0. The predicted molar refractivity (Wildman–Crippen MR) is 64.4 cm³/mol. The highest BCUT2D eigenvalue weighted by atomic mass is 35.5. The normalized spacial score (nSPS) is 9.27. The number of hydrogen-bond acceptors (Lipinski definition) is 3. The van der Waals surface area contributed by atoms with E-state index in [9.17, 15) is 0 Å². The molecule has 1 N–H and O–H groups in total. The van der Waals surface area contributed by atoms with Gasteiger partial charge in [0, 0.05) is 6.07 Å². The van der Waals surface area contributed by atoms with Crippen LogP contribution in [0.3, 0.4) is 0 Å². The zero-order chi connectivity index (χ0) is 10.4. The lowest BCUT2D eigenvalue weighted by Gasteiger charge is -2.09. The van der Waals surface area contributed by atoms with Crippen LogP contribution in [0, 0.1) is 0 Å². The molecule has 0 radical (unpaired) electrons. The average Bonchev–Trinajstić information content (AvgIpc) is 2.26. The largest absolute Gasteiger partial charge is 0.497 e. The zero-order valence-corrected chi connectivity index (χ0v) is 10.2. The zero-order valence-electron chi connectivity index (χ0n) is 9.37. The van der Waals surface area contributed by atoms with Crippen molar-refractivity contribution in [1.29, 1.82) is 0 Å². The van der Waals surface area contributed by atoms with E-state index in [-0.39, 0.29) is 12.4 Å². The van der Waals surface area contributed by atoms with Gasteiger partial charge in [0.2, 0.25) is 0 Å². The SMILES string of the molecule is CNCCc1ccc(OC)cc1OC.Cl. The number of ether oxygens (including phenoxy) is 2. The molecule has 0 saturated carbocycles. The molecule has 1 aromatic rings. The van der Waals surface area contributed by atoms with Crippen LogP contribution in [0.25, 0.3) is 0 Å². The Kier molecular flexibility index (Phi) is 6.92. The fraction of sp³-hybridized carbons (Fsp3) is 0.455. The summed E-state index contributed by atoms with van der Waals surface area (Å²) in [4.78, 5) is 0. The Hall–Kier alpha value is -0.930. The van der Waals surface area contributed by atoms with Crippen LogP contribution in [0.15, 0.2) is 18.2 Å². The summed E-state index contributed by atoms with van der Waals surface area (Å²) in [5.74, 6) is 1.72. The molecule has 1 aromatic carbocycles. The summed E-state index contributed by atoms with van der Waals surface area (Å²) in [6.45, 7) is 0.947. The Bertz CT molecular complexity index is 292. The second-order valence-electron chi connectivity index (χ2n) is 3.03. The third-order valence-electron chi connectivity index (χ3n) is 2.14. The first-order chi connectivity index (χ1) is 6.81. The molecule has 4 heteroatoms. The average molecular weight is 232 g/mol. The van der Waals surface area contributed by atoms with E-state index < -0.39 is 0 Å². The molecule has 0 aliphatic carbocycles. The molecule has 0 aliphatic heterocycles. The van der Waals surface area contributed by atoms with Gasteiger partial charge in [-0.2, -0.15) is 0 Å². The molecular weight excluding hydrogens is 214 g/mol. The summed E-state index contributed by atoms with van der Waals surface area (Å²) in [6.07, 6.45) is 0.962. The molecule has 0 saturated heterocycles. The maximum Gasteiger partial charge on any atom is 0.125 e. The molecule has 0 aromatic heterocycles. The minimum absolute atomic E-state index is 0. The molecule has 15 heavy (non-hydrogen) atoms. The number of rotatable bonds is 5. The highest BCUT2D eigenvalue weighted by molar-refractivity contribution is 5.85. The van der Waals surface area contributed by atoms with E-state index >= 15 is 0 Å². The van der Waals surface area contributed by atoms with Crippen molar-refractivity contribution < 1.29 is 9.47 Å². The molecule has 0 fully saturated rings. The lowest BCUT2D eigenvalue weighted by atomic mass is 10.1. The summed E-state index contributed by atoms with van der Waals surface area (Å²) in [5.41, 5.74) is 1.20. The van der Waals surface area contributed by atoms with Gasteiger partial charge in [-0.15, -0.1) is 12.4 Å². The third kappa shape index (κ3) is 3.98. The Labute approximate surface area is 97.2 Å². The van der Waals surface area contributed by atoms with Crippen molar-refractivity contribution in [3.05, 3.63) is 23.8 Å². The van der Waals surface area contributed by atoms with E-state index in [0.29, 0.717) is 0 Å². The fourth-order valence-corrected chi connectivity index (χ4v) is 1.32. The number of hydrogen-bond donors (Lipinski definition) is 1. The predicted octanol–water partition coefficient (Wildman–Crippen LogP) is 1.89. The van der Waals surface area contributed by atoms with Crippen LogP contribution in [0.2, 0.25) is 0 Å². The van der Waals surface area contributed by atoms with E-state index in [4.69, 9.17) is 9.47 Å². The first-order valence-electron chi connectivity index (χ1n) is 4.67. The molecule has 0 heterocycles.